The fourth-order valence-electron chi connectivity index (χ4n) is 4.30. The number of carbonyl (C=O) groups is 3. The molecule has 0 bridgehead atoms. The molecular formula is C34H30N4O5S2. The highest BCUT2D eigenvalue weighted by Gasteiger charge is 2.16. The van der Waals surface area contributed by atoms with E-state index in [9.17, 15) is 14.4 Å². The first-order chi connectivity index (χ1) is 21.8. The zero-order valence-corrected chi connectivity index (χ0v) is 26.4. The smallest absolute Gasteiger partial charge is 0.272 e. The van der Waals surface area contributed by atoms with Gasteiger partial charge < -0.3 is 25.4 Å². The van der Waals surface area contributed by atoms with Crippen LogP contribution in [0.5, 0.6) is 11.5 Å². The van der Waals surface area contributed by atoms with E-state index in [0.717, 1.165) is 20.7 Å². The van der Waals surface area contributed by atoms with Gasteiger partial charge in [0.1, 0.15) is 5.70 Å². The quantitative estimate of drug-likeness (QED) is 0.108. The second kappa shape index (κ2) is 14.6. The Bertz CT molecular complexity index is 1890. The molecule has 5 rings (SSSR count). The Labute approximate surface area is 268 Å². The number of amides is 3. The Morgan fingerprint density at radius 3 is 2.44 bits per heavy atom. The van der Waals surface area contributed by atoms with Gasteiger partial charge in [0.15, 0.2) is 16.6 Å². The molecule has 5 aromatic rings. The van der Waals surface area contributed by atoms with Crippen molar-refractivity contribution < 1.29 is 23.9 Å². The number of fused-ring (bicyclic) bond motifs is 1. The molecule has 4 aromatic carbocycles. The molecule has 228 valence electrons. The number of thioether (sulfide) groups is 1. The number of aryl methyl sites for hydroxylation is 1. The second-order valence-corrected chi connectivity index (χ2v) is 11.9. The summed E-state index contributed by atoms with van der Waals surface area (Å²) in [6.45, 7) is 2.01. The number of nitrogens with one attached hydrogen (secondary N) is 3. The van der Waals surface area contributed by atoms with Gasteiger partial charge in [0.05, 0.1) is 30.2 Å². The van der Waals surface area contributed by atoms with Crippen molar-refractivity contribution in [2.45, 2.75) is 11.8 Å². The number of nitrogens with zero attached hydrogens (tertiary/aromatic N) is 1. The van der Waals surface area contributed by atoms with E-state index < -0.39 is 11.8 Å². The summed E-state index contributed by atoms with van der Waals surface area (Å²) in [5, 5.41) is 9.01. The Balaban J connectivity index is 1.28. The number of aromatic nitrogens is 1. The highest BCUT2D eigenvalue weighted by Crippen LogP contribution is 2.29. The van der Waals surface area contributed by atoms with Gasteiger partial charge in [-0.3, -0.25) is 14.4 Å². The van der Waals surface area contributed by atoms with E-state index in [1.54, 1.807) is 72.8 Å². The predicted molar refractivity (Wildman–Crippen MR) is 180 cm³/mol. The van der Waals surface area contributed by atoms with Crippen LogP contribution in [0.2, 0.25) is 0 Å². The van der Waals surface area contributed by atoms with Crippen molar-refractivity contribution in [3.05, 3.63) is 113 Å². The van der Waals surface area contributed by atoms with Crippen LogP contribution in [0.3, 0.4) is 0 Å². The molecule has 0 radical (unpaired) electrons. The molecule has 0 aliphatic heterocycles. The molecule has 0 saturated carbocycles. The molecule has 11 heteroatoms. The number of carbonyl (C=O) groups excluding carboxylic acids is 3. The van der Waals surface area contributed by atoms with Crippen LogP contribution in [0.15, 0.2) is 102 Å². The highest BCUT2D eigenvalue weighted by atomic mass is 32.2. The molecule has 3 amide bonds. The first-order valence-corrected chi connectivity index (χ1v) is 15.6. The molecule has 0 atom stereocenters. The largest absolute Gasteiger partial charge is 0.493 e. The van der Waals surface area contributed by atoms with Gasteiger partial charge in [-0.25, -0.2) is 4.98 Å². The third kappa shape index (κ3) is 8.28. The molecule has 0 spiro atoms. The fraction of sp³-hybridized carbons (Fsp3) is 0.118. The van der Waals surface area contributed by atoms with Crippen LogP contribution in [0.4, 0.5) is 10.8 Å². The number of hydrogen-bond donors (Lipinski definition) is 3. The number of methoxy groups -OCH3 is 2. The maximum atomic E-state index is 13.5. The van der Waals surface area contributed by atoms with Crippen LogP contribution in [0.1, 0.15) is 21.5 Å². The van der Waals surface area contributed by atoms with Crippen LogP contribution in [0.25, 0.3) is 16.3 Å². The van der Waals surface area contributed by atoms with Crippen molar-refractivity contribution in [1.82, 2.24) is 10.3 Å². The molecule has 1 aromatic heterocycles. The third-order valence-corrected chi connectivity index (χ3v) is 8.43. The summed E-state index contributed by atoms with van der Waals surface area (Å²) in [6, 6.07) is 26.9. The van der Waals surface area contributed by atoms with E-state index in [2.05, 4.69) is 20.9 Å². The average Bonchev–Trinajstić information content (AvgIpc) is 3.45. The first kappa shape index (κ1) is 31.3. The number of anilines is 2. The van der Waals surface area contributed by atoms with Crippen LogP contribution >= 0.6 is 23.1 Å². The molecule has 0 fully saturated rings. The normalized spacial score (nSPS) is 11.1. The summed E-state index contributed by atoms with van der Waals surface area (Å²) < 4.78 is 11.7. The van der Waals surface area contributed by atoms with Crippen molar-refractivity contribution in [2.75, 3.05) is 30.6 Å². The molecule has 45 heavy (non-hydrogen) atoms. The standard InChI is InChI=1S/C34H30N4O5S2/c1-21-12-14-26-30(16-21)45-34(37-26)38-31(39)20-44-25-11-7-10-24(19-25)35-33(41)27(36-32(40)23-8-5-4-6-9-23)17-22-13-15-28(42-2)29(18-22)43-3/h4-19H,20H2,1-3H3,(H,35,41)(H,36,40)(H,37,38,39)/b27-17+. The summed E-state index contributed by atoms with van der Waals surface area (Å²) in [6.07, 6.45) is 1.56. The lowest BCUT2D eigenvalue weighted by molar-refractivity contribution is -0.114. The van der Waals surface area contributed by atoms with Gasteiger partial charge >= 0.3 is 0 Å². The summed E-state index contributed by atoms with van der Waals surface area (Å²) in [5.41, 5.74) is 3.52. The van der Waals surface area contributed by atoms with E-state index in [-0.39, 0.29) is 17.4 Å². The monoisotopic (exact) mass is 638 g/mol. The van der Waals surface area contributed by atoms with Gasteiger partial charge in [0.2, 0.25) is 5.91 Å². The number of benzene rings is 4. The SMILES string of the molecule is COc1ccc(/C=C(/NC(=O)c2ccccc2)C(=O)Nc2cccc(SCC(=O)Nc3nc4ccc(C)cc4s3)c2)cc1OC. The minimum absolute atomic E-state index is 0.0273. The van der Waals surface area contributed by atoms with E-state index in [0.29, 0.717) is 33.4 Å². The van der Waals surface area contributed by atoms with Gasteiger partial charge in [0, 0.05) is 16.1 Å². The van der Waals surface area contributed by atoms with Crippen molar-refractivity contribution in [1.29, 1.82) is 0 Å². The summed E-state index contributed by atoms with van der Waals surface area (Å²) in [4.78, 5) is 44.4. The Morgan fingerprint density at radius 1 is 0.867 bits per heavy atom. The van der Waals surface area contributed by atoms with Gasteiger partial charge in [-0.2, -0.15) is 0 Å². The zero-order chi connectivity index (χ0) is 31.8. The van der Waals surface area contributed by atoms with E-state index in [1.807, 2.05) is 31.2 Å². The molecule has 1 heterocycles. The highest BCUT2D eigenvalue weighted by molar-refractivity contribution is 8.00. The Morgan fingerprint density at radius 2 is 1.67 bits per heavy atom. The molecular weight excluding hydrogens is 609 g/mol. The van der Waals surface area contributed by atoms with Gasteiger partial charge in [-0.1, -0.05) is 47.7 Å². The summed E-state index contributed by atoms with van der Waals surface area (Å²) in [7, 11) is 3.06. The predicted octanol–water partition coefficient (Wildman–Crippen LogP) is 6.76. The average molecular weight is 639 g/mol. The van der Waals surface area contributed by atoms with E-state index >= 15 is 0 Å². The second-order valence-electron chi connectivity index (χ2n) is 9.80. The van der Waals surface area contributed by atoms with E-state index in [4.69, 9.17) is 9.47 Å². The maximum absolute atomic E-state index is 13.5. The number of hydrogen-bond acceptors (Lipinski definition) is 8. The van der Waals surface area contributed by atoms with Crippen molar-refractivity contribution in [2.24, 2.45) is 0 Å². The number of rotatable bonds is 11. The lowest BCUT2D eigenvalue weighted by atomic mass is 10.1. The number of ether oxygens (including phenoxy) is 2. The van der Waals surface area contributed by atoms with Gasteiger partial charge in [-0.15, -0.1) is 11.8 Å². The first-order valence-electron chi connectivity index (χ1n) is 13.8. The fourth-order valence-corrected chi connectivity index (χ4v) is 6.04. The minimum atomic E-state index is -0.528. The maximum Gasteiger partial charge on any atom is 0.272 e. The lowest BCUT2D eigenvalue weighted by Gasteiger charge is -2.13. The molecule has 0 aliphatic rings. The topological polar surface area (TPSA) is 119 Å². The van der Waals surface area contributed by atoms with Crippen LogP contribution in [-0.4, -0.2) is 42.7 Å². The lowest BCUT2D eigenvalue weighted by Crippen LogP contribution is -2.30. The van der Waals surface area contributed by atoms with Crippen LogP contribution in [-0.2, 0) is 9.59 Å². The zero-order valence-electron chi connectivity index (χ0n) is 24.7. The van der Waals surface area contributed by atoms with Gasteiger partial charge in [0.25, 0.3) is 11.8 Å². The molecule has 9 nitrogen and oxygen atoms in total. The Kier molecular flexibility index (Phi) is 10.1. The molecule has 0 aliphatic carbocycles. The summed E-state index contributed by atoms with van der Waals surface area (Å²) in [5.74, 6) is 0.0220. The Hall–Kier alpha value is -5.13. The molecule has 3 N–H and O–H groups in total. The van der Waals surface area contributed by atoms with E-state index in [1.165, 1.54) is 37.3 Å². The van der Waals surface area contributed by atoms with Crippen molar-refractivity contribution in [3.63, 3.8) is 0 Å². The molecule has 0 unspecified atom stereocenters. The number of thiazole rings is 1. The van der Waals surface area contributed by atoms with Crippen LogP contribution in [0, 0.1) is 6.92 Å². The van der Waals surface area contributed by atoms with Gasteiger partial charge in [-0.05, 0) is 78.7 Å². The third-order valence-electron chi connectivity index (χ3n) is 6.50. The summed E-state index contributed by atoms with van der Waals surface area (Å²) >= 11 is 2.76. The van der Waals surface area contributed by atoms with Crippen molar-refractivity contribution >= 4 is 67.9 Å². The minimum Gasteiger partial charge on any atom is -0.493 e. The molecule has 0 saturated heterocycles. The van der Waals surface area contributed by atoms with Crippen LogP contribution < -0.4 is 25.4 Å². The van der Waals surface area contributed by atoms with Crippen molar-refractivity contribution in [3.8, 4) is 11.5 Å².